The smallest absolute Gasteiger partial charge is 0.257 e. The van der Waals surface area contributed by atoms with Gasteiger partial charge in [-0.25, -0.2) is 4.98 Å². The first kappa shape index (κ1) is 16.2. The second-order valence-corrected chi connectivity index (χ2v) is 7.27. The highest BCUT2D eigenvalue weighted by molar-refractivity contribution is 7.99. The molecule has 0 aliphatic carbocycles. The molecule has 25 heavy (non-hydrogen) atoms. The van der Waals surface area contributed by atoms with Crippen molar-refractivity contribution in [1.29, 1.82) is 0 Å². The zero-order valence-corrected chi connectivity index (χ0v) is 15.0. The van der Waals surface area contributed by atoms with Crippen LogP contribution < -0.4 is 0 Å². The Kier molecular flexibility index (Phi) is 4.77. The monoisotopic (exact) mass is 365 g/mol. The topological polar surface area (TPSA) is 26.0 Å². The molecular formula is C21H16ClNOS. The lowest BCUT2D eigenvalue weighted by atomic mass is 10.0. The Morgan fingerprint density at radius 3 is 2.04 bits per heavy atom. The fourth-order valence-corrected chi connectivity index (χ4v) is 4.28. The predicted molar refractivity (Wildman–Crippen MR) is 104 cm³/mol. The average Bonchev–Trinajstić information content (AvgIpc) is 3.09. The summed E-state index contributed by atoms with van der Waals surface area (Å²) in [6.45, 7) is 0. The molecule has 4 aromatic rings. The van der Waals surface area contributed by atoms with E-state index in [-0.39, 0.29) is 10.6 Å². The van der Waals surface area contributed by atoms with E-state index in [0.29, 0.717) is 5.22 Å². The van der Waals surface area contributed by atoms with E-state index in [4.69, 9.17) is 16.0 Å². The maximum absolute atomic E-state index is 6.87. The van der Waals surface area contributed by atoms with Gasteiger partial charge in [0.15, 0.2) is 5.58 Å². The number of halogens is 1. The highest BCUT2D eigenvalue weighted by atomic mass is 35.5. The van der Waals surface area contributed by atoms with E-state index >= 15 is 0 Å². The summed E-state index contributed by atoms with van der Waals surface area (Å²) in [6, 6.07) is 28.2. The van der Waals surface area contributed by atoms with Gasteiger partial charge in [-0.15, -0.1) is 11.6 Å². The summed E-state index contributed by atoms with van der Waals surface area (Å²) in [4.78, 5) is 4.59. The summed E-state index contributed by atoms with van der Waals surface area (Å²) in [6.07, 6.45) is 0. The van der Waals surface area contributed by atoms with Gasteiger partial charge < -0.3 is 4.42 Å². The molecule has 0 aliphatic heterocycles. The van der Waals surface area contributed by atoms with Crippen molar-refractivity contribution in [3.8, 4) is 0 Å². The summed E-state index contributed by atoms with van der Waals surface area (Å²) >= 11 is 8.43. The first-order valence-corrected chi connectivity index (χ1v) is 9.39. The number of thioether (sulfide) groups is 1. The van der Waals surface area contributed by atoms with Gasteiger partial charge in [-0.05, 0) is 23.3 Å². The molecule has 0 N–H and O–H groups in total. The van der Waals surface area contributed by atoms with Crippen molar-refractivity contribution in [2.75, 3.05) is 0 Å². The van der Waals surface area contributed by atoms with Gasteiger partial charge >= 0.3 is 0 Å². The van der Waals surface area contributed by atoms with Crippen LogP contribution in [0.25, 0.3) is 11.1 Å². The third-order valence-electron chi connectivity index (χ3n) is 4.01. The number of nitrogens with zero attached hydrogens (tertiary/aromatic N) is 1. The van der Waals surface area contributed by atoms with Gasteiger partial charge in [0, 0.05) is 0 Å². The summed E-state index contributed by atoms with van der Waals surface area (Å²) in [5.41, 5.74) is 3.89. The first-order chi connectivity index (χ1) is 12.3. The predicted octanol–water partition coefficient (Wildman–Crippen LogP) is 6.64. The molecule has 1 aromatic heterocycles. The molecule has 1 heterocycles. The standard InChI is InChI=1S/C21H16ClNOS/c22-19(15-9-3-1-4-10-15)20(16-11-5-2-6-12-16)25-21-23-17-13-7-8-14-18(17)24-21/h1-14,19-20H/t19-,20+/m0/s1. The maximum Gasteiger partial charge on any atom is 0.257 e. The van der Waals surface area contributed by atoms with E-state index in [1.165, 1.54) is 0 Å². The number of alkyl halides is 1. The van der Waals surface area contributed by atoms with Crippen molar-refractivity contribution in [2.24, 2.45) is 0 Å². The van der Waals surface area contributed by atoms with Crippen LogP contribution in [0.4, 0.5) is 0 Å². The molecule has 0 bridgehead atoms. The lowest BCUT2D eigenvalue weighted by Gasteiger charge is -2.21. The molecule has 0 saturated carbocycles. The Morgan fingerprint density at radius 1 is 0.760 bits per heavy atom. The van der Waals surface area contributed by atoms with Gasteiger partial charge in [-0.1, -0.05) is 84.6 Å². The largest absolute Gasteiger partial charge is 0.431 e. The summed E-state index contributed by atoms with van der Waals surface area (Å²) in [7, 11) is 0. The van der Waals surface area contributed by atoms with E-state index in [1.54, 1.807) is 11.8 Å². The lowest BCUT2D eigenvalue weighted by Crippen LogP contribution is -2.03. The third-order valence-corrected chi connectivity index (χ3v) is 5.84. The fourth-order valence-electron chi connectivity index (χ4n) is 2.76. The van der Waals surface area contributed by atoms with E-state index < -0.39 is 0 Å². The zero-order valence-electron chi connectivity index (χ0n) is 13.4. The molecule has 0 radical (unpaired) electrons. The summed E-state index contributed by atoms with van der Waals surface area (Å²) < 4.78 is 5.90. The van der Waals surface area contributed by atoms with Gasteiger partial charge in [0.25, 0.3) is 5.22 Å². The molecule has 3 aromatic carbocycles. The summed E-state index contributed by atoms with van der Waals surface area (Å²) in [5.74, 6) is 0. The minimum atomic E-state index is -0.191. The minimum absolute atomic E-state index is 0.00155. The van der Waals surface area contributed by atoms with Crippen molar-refractivity contribution in [2.45, 2.75) is 15.8 Å². The van der Waals surface area contributed by atoms with Crippen molar-refractivity contribution >= 4 is 34.5 Å². The Hall–Kier alpha value is -2.23. The van der Waals surface area contributed by atoms with E-state index in [2.05, 4.69) is 29.2 Å². The number of benzene rings is 3. The molecular weight excluding hydrogens is 350 g/mol. The number of hydrogen-bond acceptors (Lipinski definition) is 3. The van der Waals surface area contributed by atoms with Gasteiger partial charge in [-0.2, -0.15) is 0 Å². The van der Waals surface area contributed by atoms with E-state index in [0.717, 1.165) is 22.2 Å². The maximum atomic E-state index is 6.87. The zero-order chi connectivity index (χ0) is 17.1. The van der Waals surface area contributed by atoms with Crippen LogP contribution in [0.1, 0.15) is 21.8 Å². The minimum Gasteiger partial charge on any atom is -0.431 e. The van der Waals surface area contributed by atoms with Gasteiger partial charge in [0.05, 0.1) is 10.6 Å². The van der Waals surface area contributed by atoms with Crippen LogP contribution >= 0.6 is 23.4 Å². The quantitative estimate of drug-likeness (QED) is 0.293. The molecule has 0 amide bonds. The molecule has 4 heteroatoms. The third kappa shape index (κ3) is 3.58. The molecule has 0 saturated heterocycles. The number of para-hydroxylation sites is 2. The van der Waals surface area contributed by atoms with Crippen LogP contribution in [0.2, 0.25) is 0 Å². The first-order valence-electron chi connectivity index (χ1n) is 8.07. The fraction of sp³-hybridized carbons (Fsp3) is 0.0952. The van der Waals surface area contributed by atoms with Gasteiger partial charge in [0.2, 0.25) is 0 Å². The van der Waals surface area contributed by atoms with Gasteiger partial charge in [-0.3, -0.25) is 0 Å². The number of oxazole rings is 1. The summed E-state index contributed by atoms with van der Waals surface area (Å²) in [5, 5.41) is 0.443. The van der Waals surface area contributed by atoms with Crippen molar-refractivity contribution in [3.63, 3.8) is 0 Å². The van der Waals surface area contributed by atoms with Gasteiger partial charge in [0.1, 0.15) is 5.52 Å². The highest BCUT2D eigenvalue weighted by Crippen LogP contribution is 2.47. The molecule has 0 aliphatic rings. The second-order valence-electron chi connectivity index (χ2n) is 5.71. The van der Waals surface area contributed by atoms with E-state index in [9.17, 15) is 0 Å². The Labute approximate surface area is 155 Å². The molecule has 0 unspecified atom stereocenters. The number of rotatable bonds is 5. The highest BCUT2D eigenvalue weighted by Gasteiger charge is 2.26. The van der Waals surface area contributed by atoms with Crippen LogP contribution in [0.5, 0.6) is 0 Å². The average molecular weight is 366 g/mol. The van der Waals surface area contributed by atoms with Crippen molar-refractivity contribution < 1.29 is 4.42 Å². The second kappa shape index (κ2) is 7.34. The van der Waals surface area contributed by atoms with Crippen molar-refractivity contribution in [1.82, 2.24) is 4.98 Å². The van der Waals surface area contributed by atoms with Crippen LogP contribution in [-0.4, -0.2) is 4.98 Å². The molecule has 0 fully saturated rings. The van der Waals surface area contributed by atoms with E-state index in [1.807, 2.05) is 60.7 Å². The van der Waals surface area contributed by atoms with Crippen LogP contribution in [-0.2, 0) is 0 Å². The Morgan fingerprint density at radius 2 is 1.36 bits per heavy atom. The number of hydrogen-bond donors (Lipinski definition) is 0. The van der Waals surface area contributed by atoms with Crippen LogP contribution in [0.15, 0.2) is 94.6 Å². The lowest BCUT2D eigenvalue weighted by molar-refractivity contribution is 0.488. The SMILES string of the molecule is Cl[C@@H](c1ccccc1)[C@H](Sc1nc2ccccc2o1)c1ccccc1. The number of aromatic nitrogens is 1. The molecule has 124 valence electrons. The molecule has 4 rings (SSSR count). The molecule has 0 spiro atoms. The van der Waals surface area contributed by atoms with Crippen LogP contribution in [0, 0.1) is 0 Å². The molecule has 2 atom stereocenters. The van der Waals surface area contributed by atoms with Crippen molar-refractivity contribution in [3.05, 3.63) is 96.1 Å². The Balaban J connectivity index is 1.70. The number of fused-ring (bicyclic) bond motifs is 1. The normalized spacial score (nSPS) is 13.6. The molecule has 2 nitrogen and oxygen atoms in total. The Bertz CT molecular complexity index is 922. The van der Waals surface area contributed by atoms with Crippen LogP contribution in [0.3, 0.4) is 0 Å².